The van der Waals surface area contributed by atoms with Gasteiger partial charge in [-0.2, -0.15) is 11.8 Å². The lowest BCUT2D eigenvalue weighted by molar-refractivity contribution is 0.803. The number of hydrogen-bond donors (Lipinski definition) is 1. The molecule has 1 N–H and O–H groups in total. The van der Waals surface area contributed by atoms with Crippen LogP contribution in [-0.2, 0) is 0 Å². The molecule has 16 heavy (non-hydrogen) atoms. The van der Waals surface area contributed by atoms with Crippen LogP contribution in [0.4, 0.5) is 5.82 Å². The van der Waals surface area contributed by atoms with Crippen LogP contribution >= 0.6 is 11.8 Å². The molecule has 3 rings (SSSR count). The zero-order valence-electron chi connectivity index (χ0n) is 8.83. The first-order chi connectivity index (χ1) is 7.93. The third kappa shape index (κ3) is 1.84. The normalized spacial score (nSPS) is 20.4. The van der Waals surface area contributed by atoms with Gasteiger partial charge in [0, 0.05) is 24.2 Å². The quantitative estimate of drug-likeness (QED) is 0.872. The summed E-state index contributed by atoms with van der Waals surface area (Å²) < 4.78 is 1.87. The lowest BCUT2D eigenvalue weighted by atomic mass is 10.2. The Balaban J connectivity index is 1.75. The molecule has 1 saturated heterocycles. The molecule has 0 amide bonds. The third-order valence-electron chi connectivity index (χ3n) is 2.74. The van der Waals surface area contributed by atoms with Crippen LogP contribution in [0.5, 0.6) is 0 Å². The van der Waals surface area contributed by atoms with Crippen molar-refractivity contribution in [3.8, 4) is 0 Å². The highest BCUT2D eigenvalue weighted by Crippen LogP contribution is 2.26. The van der Waals surface area contributed by atoms with Crippen molar-refractivity contribution in [2.45, 2.75) is 18.1 Å². The molecule has 0 bridgehead atoms. The molecule has 3 heterocycles. The monoisotopic (exact) mass is 235 g/mol. The Kier molecular flexibility index (Phi) is 2.65. The molecule has 0 radical (unpaired) electrons. The minimum Gasteiger partial charge on any atom is -0.366 e. The number of thioether (sulfide) groups is 1. The molecule has 0 spiro atoms. The largest absolute Gasteiger partial charge is 0.366 e. The Morgan fingerprint density at radius 1 is 1.56 bits per heavy atom. The lowest BCUT2D eigenvalue weighted by Crippen LogP contribution is -2.15. The van der Waals surface area contributed by atoms with Crippen LogP contribution in [0.3, 0.4) is 0 Å². The second-order valence-electron chi connectivity index (χ2n) is 3.85. The standard InChI is InChI=1S/C10H13N5S/c1-2-8(16-5-1)6-12-9-10-14-13-7-15(10)4-3-11-9/h3-4,7-8H,1-2,5-6H2,(H,11,12). The average Bonchev–Trinajstić information content (AvgIpc) is 2.97. The van der Waals surface area contributed by atoms with Crippen LogP contribution in [-0.4, -0.2) is 37.1 Å². The number of fused-ring (bicyclic) bond motifs is 1. The molecule has 2 aromatic rings. The Morgan fingerprint density at radius 3 is 3.44 bits per heavy atom. The van der Waals surface area contributed by atoms with E-state index in [0.29, 0.717) is 5.25 Å². The van der Waals surface area contributed by atoms with Crippen LogP contribution in [0.2, 0.25) is 0 Å². The molecule has 1 unspecified atom stereocenters. The van der Waals surface area contributed by atoms with Crippen LogP contribution < -0.4 is 5.32 Å². The van der Waals surface area contributed by atoms with E-state index < -0.39 is 0 Å². The molecular formula is C10H13N5S. The number of anilines is 1. The van der Waals surface area contributed by atoms with E-state index in [1.807, 2.05) is 22.4 Å². The van der Waals surface area contributed by atoms with Crippen LogP contribution in [0.1, 0.15) is 12.8 Å². The smallest absolute Gasteiger partial charge is 0.203 e. The van der Waals surface area contributed by atoms with E-state index in [0.717, 1.165) is 18.0 Å². The summed E-state index contributed by atoms with van der Waals surface area (Å²) in [6.07, 6.45) is 7.94. The maximum Gasteiger partial charge on any atom is 0.203 e. The van der Waals surface area contributed by atoms with Gasteiger partial charge in [0.05, 0.1) is 0 Å². The molecule has 1 aliphatic heterocycles. The van der Waals surface area contributed by atoms with Crippen molar-refractivity contribution in [1.82, 2.24) is 19.6 Å². The average molecular weight is 235 g/mol. The SMILES string of the molecule is c1cn2cnnc2c(NCC2CCCS2)n1. The van der Waals surface area contributed by atoms with Crippen LogP contribution in [0.15, 0.2) is 18.7 Å². The Bertz CT molecular complexity index is 477. The molecule has 1 fully saturated rings. The van der Waals surface area contributed by atoms with Gasteiger partial charge in [0.1, 0.15) is 6.33 Å². The van der Waals surface area contributed by atoms with Crippen LogP contribution in [0, 0.1) is 0 Å². The van der Waals surface area contributed by atoms with Gasteiger partial charge in [-0.1, -0.05) is 0 Å². The fraction of sp³-hybridized carbons (Fsp3) is 0.500. The van der Waals surface area contributed by atoms with Gasteiger partial charge in [0.25, 0.3) is 0 Å². The molecule has 5 nitrogen and oxygen atoms in total. The first-order valence-electron chi connectivity index (χ1n) is 5.43. The van der Waals surface area contributed by atoms with Crippen molar-refractivity contribution in [1.29, 1.82) is 0 Å². The van der Waals surface area contributed by atoms with Gasteiger partial charge in [-0.15, -0.1) is 10.2 Å². The highest BCUT2D eigenvalue weighted by molar-refractivity contribution is 8.00. The van der Waals surface area contributed by atoms with Crippen molar-refractivity contribution in [3.63, 3.8) is 0 Å². The van der Waals surface area contributed by atoms with E-state index in [-0.39, 0.29) is 0 Å². The Hall–Kier alpha value is -1.30. The molecular weight excluding hydrogens is 222 g/mol. The predicted octanol–water partition coefficient (Wildman–Crippen LogP) is 1.43. The molecule has 6 heteroatoms. The van der Waals surface area contributed by atoms with Gasteiger partial charge in [0.15, 0.2) is 5.82 Å². The van der Waals surface area contributed by atoms with Gasteiger partial charge in [-0.05, 0) is 18.6 Å². The van der Waals surface area contributed by atoms with Crippen molar-refractivity contribution >= 4 is 23.2 Å². The predicted molar refractivity (Wildman–Crippen MR) is 64.8 cm³/mol. The fourth-order valence-corrected chi connectivity index (χ4v) is 3.10. The Labute approximate surface area is 97.7 Å². The van der Waals surface area contributed by atoms with E-state index in [1.165, 1.54) is 18.6 Å². The van der Waals surface area contributed by atoms with Gasteiger partial charge in [0.2, 0.25) is 5.65 Å². The summed E-state index contributed by atoms with van der Waals surface area (Å²) in [4.78, 5) is 4.30. The highest BCUT2D eigenvalue weighted by atomic mass is 32.2. The maximum absolute atomic E-state index is 4.30. The number of aromatic nitrogens is 4. The Morgan fingerprint density at radius 2 is 2.56 bits per heavy atom. The zero-order chi connectivity index (χ0) is 10.8. The number of nitrogens with one attached hydrogen (secondary N) is 1. The summed E-state index contributed by atoms with van der Waals surface area (Å²) in [5, 5.41) is 12.0. The second kappa shape index (κ2) is 4.29. The number of hydrogen-bond acceptors (Lipinski definition) is 5. The van der Waals surface area contributed by atoms with Gasteiger partial charge >= 0.3 is 0 Å². The third-order valence-corrected chi connectivity index (χ3v) is 4.14. The molecule has 0 aliphatic carbocycles. The van der Waals surface area contributed by atoms with Crippen LogP contribution in [0.25, 0.3) is 5.65 Å². The minimum absolute atomic E-state index is 0.713. The second-order valence-corrected chi connectivity index (χ2v) is 5.26. The summed E-state index contributed by atoms with van der Waals surface area (Å²) in [6.45, 7) is 0.962. The van der Waals surface area contributed by atoms with Crippen molar-refractivity contribution in [2.75, 3.05) is 17.6 Å². The molecule has 2 aromatic heterocycles. The number of rotatable bonds is 3. The van der Waals surface area contributed by atoms with Gasteiger partial charge in [-0.3, -0.25) is 4.40 Å². The highest BCUT2D eigenvalue weighted by Gasteiger charge is 2.15. The number of nitrogens with zero attached hydrogens (tertiary/aromatic N) is 4. The maximum atomic E-state index is 4.30. The molecule has 0 saturated carbocycles. The van der Waals surface area contributed by atoms with Crippen molar-refractivity contribution in [3.05, 3.63) is 18.7 Å². The molecule has 1 aliphatic rings. The zero-order valence-corrected chi connectivity index (χ0v) is 9.65. The van der Waals surface area contributed by atoms with Gasteiger partial charge in [-0.25, -0.2) is 4.98 Å². The summed E-state index contributed by atoms with van der Waals surface area (Å²) in [7, 11) is 0. The molecule has 0 aromatic carbocycles. The van der Waals surface area contributed by atoms with Crippen molar-refractivity contribution < 1.29 is 0 Å². The summed E-state index contributed by atoms with van der Waals surface area (Å²) in [5.74, 6) is 2.11. The summed E-state index contributed by atoms with van der Waals surface area (Å²) in [5.41, 5.74) is 0.797. The van der Waals surface area contributed by atoms with Gasteiger partial charge < -0.3 is 5.32 Å². The molecule has 84 valence electrons. The van der Waals surface area contributed by atoms with E-state index in [1.54, 1.807) is 12.5 Å². The van der Waals surface area contributed by atoms with Crippen molar-refractivity contribution in [2.24, 2.45) is 0 Å². The lowest BCUT2D eigenvalue weighted by Gasteiger charge is -2.10. The minimum atomic E-state index is 0.713. The topological polar surface area (TPSA) is 55.1 Å². The van der Waals surface area contributed by atoms with E-state index in [4.69, 9.17) is 0 Å². The first-order valence-corrected chi connectivity index (χ1v) is 6.48. The van der Waals surface area contributed by atoms with E-state index in [9.17, 15) is 0 Å². The summed E-state index contributed by atoms with van der Waals surface area (Å²) >= 11 is 2.04. The van der Waals surface area contributed by atoms with E-state index >= 15 is 0 Å². The fourth-order valence-electron chi connectivity index (χ4n) is 1.90. The van der Waals surface area contributed by atoms with E-state index in [2.05, 4.69) is 20.5 Å². The first kappa shape index (κ1) is 9.89. The summed E-state index contributed by atoms with van der Waals surface area (Å²) in [6, 6.07) is 0. The molecule has 1 atom stereocenters.